The summed E-state index contributed by atoms with van der Waals surface area (Å²) in [6.45, 7) is 1.56. The van der Waals surface area contributed by atoms with Crippen LogP contribution in [0.15, 0.2) is 24.3 Å². The normalized spacial score (nSPS) is 10.4. The molecule has 2 nitrogen and oxygen atoms in total. The number of hydrogen-bond acceptors (Lipinski definition) is 2. The van der Waals surface area contributed by atoms with Crippen molar-refractivity contribution >= 4 is 0 Å². The van der Waals surface area contributed by atoms with Crippen LogP contribution in [-0.4, -0.2) is 20.3 Å². The van der Waals surface area contributed by atoms with Crippen molar-refractivity contribution in [3.05, 3.63) is 35.4 Å². The summed E-state index contributed by atoms with van der Waals surface area (Å²) >= 11 is 0. The lowest BCUT2D eigenvalue weighted by Crippen LogP contribution is -2.01. The molecule has 0 fully saturated rings. The van der Waals surface area contributed by atoms with E-state index in [2.05, 4.69) is 24.3 Å². The summed E-state index contributed by atoms with van der Waals surface area (Å²) in [5.41, 5.74) is 8.20. The molecule has 0 saturated carbocycles. The molecule has 0 heterocycles. The molecule has 1 aromatic rings. The number of ether oxygens (including phenoxy) is 1. The van der Waals surface area contributed by atoms with Crippen LogP contribution in [0.5, 0.6) is 0 Å². The Labute approximate surface area is 86.1 Å². The molecule has 0 unspecified atom stereocenters. The molecular weight excluding hydrogens is 174 g/mol. The molecule has 0 spiro atoms. The lowest BCUT2D eigenvalue weighted by Gasteiger charge is -2.04. The van der Waals surface area contributed by atoms with Gasteiger partial charge in [0.15, 0.2) is 0 Å². The minimum absolute atomic E-state index is 0.766. The van der Waals surface area contributed by atoms with E-state index in [4.69, 9.17) is 10.5 Å². The van der Waals surface area contributed by atoms with E-state index in [0.29, 0.717) is 0 Å². The van der Waals surface area contributed by atoms with Crippen LogP contribution < -0.4 is 5.73 Å². The van der Waals surface area contributed by atoms with E-state index in [9.17, 15) is 0 Å². The second kappa shape index (κ2) is 6.57. The first-order valence-corrected chi connectivity index (χ1v) is 5.13. The number of benzene rings is 1. The molecule has 1 rings (SSSR count). The maximum Gasteiger partial charge on any atom is 0.0502 e. The van der Waals surface area contributed by atoms with E-state index in [1.165, 1.54) is 11.1 Å². The van der Waals surface area contributed by atoms with Gasteiger partial charge in [0.2, 0.25) is 0 Å². The fourth-order valence-electron chi connectivity index (χ4n) is 1.47. The van der Waals surface area contributed by atoms with Crippen molar-refractivity contribution in [2.24, 2.45) is 5.73 Å². The van der Waals surface area contributed by atoms with Gasteiger partial charge >= 0.3 is 0 Å². The second-order valence-corrected chi connectivity index (χ2v) is 3.45. The monoisotopic (exact) mass is 193 g/mol. The molecule has 0 bridgehead atoms. The molecule has 0 aliphatic heterocycles. The quantitative estimate of drug-likeness (QED) is 0.747. The van der Waals surface area contributed by atoms with Crippen LogP contribution in [0.1, 0.15) is 17.5 Å². The molecule has 0 aromatic heterocycles. The number of nitrogens with two attached hydrogens (primary N) is 1. The van der Waals surface area contributed by atoms with Crippen LogP contribution in [0.4, 0.5) is 0 Å². The third-order valence-electron chi connectivity index (χ3n) is 2.26. The van der Waals surface area contributed by atoms with Gasteiger partial charge in [-0.2, -0.15) is 0 Å². The second-order valence-electron chi connectivity index (χ2n) is 3.45. The van der Waals surface area contributed by atoms with Gasteiger partial charge in [-0.25, -0.2) is 0 Å². The van der Waals surface area contributed by atoms with Gasteiger partial charge in [-0.15, -0.1) is 0 Å². The third-order valence-corrected chi connectivity index (χ3v) is 2.26. The Bertz CT molecular complexity index is 237. The highest BCUT2D eigenvalue weighted by molar-refractivity contribution is 5.23. The summed E-state index contributed by atoms with van der Waals surface area (Å²) in [5, 5.41) is 0. The highest BCUT2D eigenvalue weighted by Crippen LogP contribution is 2.08. The van der Waals surface area contributed by atoms with Gasteiger partial charge < -0.3 is 10.5 Å². The Morgan fingerprint density at radius 2 is 1.93 bits per heavy atom. The van der Waals surface area contributed by atoms with Crippen molar-refractivity contribution in [1.29, 1.82) is 0 Å². The van der Waals surface area contributed by atoms with E-state index >= 15 is 0 Å². The molecule has 2 heteroatoms. The van der Waals surface area contributed by atoms with Gasteiger partial charge in [0.05, 0.1) is 6.61 Å². The summed E-state index contributed by atoms with van der Waals surface area (Å²) < 4.78 is 5.05. The highest BCUT2D eigenvalue weighted by atomic mass is 16.5. The lowest BCUT2D eigenvalue weighted by molar-refractivity contribution is 0.202. The maximum atomic E-state index is 5.47. The first-order valence-electron chi connectivity index (χ1n) is 5.13. The van der Waals surface area contributed by atoms with Crippen molar-refractivity contribution in [3.8, 4) is 0 Å². The van der Waals surface area contributed by atoms with Crippen LogP contribution >= 0.6 is 0 Å². The van der Waals surface area contributed by atoms with Gasteiger partial charge in [0, 0.05) is 7.11 Å². The van der Waals surface area contributed by atoms with E-state index < -0.39 is 0 Å². The standard InChI is InChI=1S/C12H19NO/c1-14-9-7-12-5-2-4-11(10-12)6-3-8-13/h2,4-5,10H,3,6-9,13H2,1H3. The molecule has 0 saturated heterocycles. The number of hydrogen-bond donors (Lipinski definition) is 1. The van der Waals surface area contributed by atoms with E-state index in [1.807, 2.05) is 0 Å². The van der Waals surface area contributed by atoms with Crippen LogP contribution in [0.2, 0.25) is 0 Å². The largest absolute Gasteiger partial charge is 0.384 e. The Kier molecular flexibility index (Phi) is 5.27. The van der Waals surface area contributed by atoms with Crippen LogP contribution in [0.25, 0.3) is 0 Å². The third kappa shape index (κ3) is 3.90. The number of aryl methyl sites for hydroxylation is 1. The summed E-state index contributed by atoms with van der Waals surface area (Å²) in [5.74, 6) is 0. The molecule has 0 amide bonds. The highest BCUT2D eigenvalue weighted by Gasteiger charge is 1.95. The molecule has 1 aromatic carbocycles. The molecule has 0 atom stereocenters. The molecular formula is C12H19NO. The number of methoxy groups -OCH3 is 1. The summed E-state index contributed by atoms with van der Waals surface area (Å²) in [7, 11) is 1.73. The van der Waals surface area contributed by atoms with Crippen molar-refractivity contribution in [1.82, 2.24) is 0 Å². The topological polar surface area (TPSA) is 35.2 Å². The molecule has 0 radical (unpaired) electrons. The van der Waals surface area contributed by atoms with Crippen molar-refractivity contribution in [2.75, 3.05) is 20.3 Å². The van der Waals surface area contributed by atoms with E-state index in [0.717, 1.165) is 32.4 Å². The van der Waals surface area contributed by atoms with E-state index in [-0.39, 0.29) is 0 Å². The lowest BCUT2D eigenvalue weighted by atomic mass is 10.0. The smallest absolute Gasteiger partial charge is 0.0502 e. The fourth-order valence-corrected chi connectivity index (χ4v) is 1.47. The van der Waals surface area contributed by atoms with Gasteiger partial charge in [-0.1, -0.05) is 24.3 Å². The minimum Gasteiger partial charge on any atom is -0.384 e. The predicted octanol–water partition coefficient (Wildman–Crippen LogP) is 1.77. The van der Waals surface area contributed by atoms with Crippen LogP contribution in [-0.2, 0) is 17.6 Å². The Hall–Kier alpha value is -0.860. The average Bonchev–Trinajstić information content (AvgIpc) is 2.24. The van der Waals surface area contributed by atoms with Gasteiger partial charge in [-0.3, -0.25) is 0 Å². The van der Waals surface area contributed by atoms with E-state index in [1.54, 1.807) is 7.11 Å². The van der Waals surface area contributed by atoms with Crippen molar-refractivity contribution < 1.29 is 4.74 Å². The summed E-state index contributed by atoms with van der Waals surface area (Å²) in [6, 6.07) is 8.66. The zero-order valence-corrected chi connectivity index (χ0v) is 8.83. The van der Waals surface area contributed by atoms with Gasteiger partial charge in [0.1, 0.15) is 0 Å². The Balaban J connectivity index is 2.50. The maximum absolute atomic E-state index is 5.47. The first kappa shape index (κ1) is 11.2. The molecule has 0 aliphatic rings. The fraction of sp³-hybridized carbons (Fsp3) is 0.500. The molecule has 2 N–H and O–H groups in total. The number of rotatable bonds is 6. The molecule has 0 aliphatic carbocycles. The van der Waals surface area contributed by atoms with Gasteiger partial charge in [0.25, 0.3) is 0 Å². The summed E-state index contributed by atoms with van der Waals surface area (Å²) in [4.78, 5) is 0. The minimum atomic E-state index is 0.766. The van der Waals surface area contributed by atoms with Crippen LogP contribution in [0, 0.1) is 0 Å². The van der Waals surface area contributed by atoms with Crippen molar-refractivity contribution in [2.45, 2.75) is 19.3 Å². The van der Waals surface area contributed by atoms with Crippen molar-refractivity contribution in [3.63, 3.8) is 0 Å². The SMILES string of the molecule is COCCc1cccc(CCCN)c1. The van der Waals surface area contributed by atoms with Crippen LogP contribution in [0.3, 0.4) is 0 Å². The predicted molar refractivity (Wildman–Crippen MR) is 59.4 cm³/mol. The first-order chi connectivity index (χ1) is 6.86. The molecule has 14 heavy (non-hydrogen) atoms. The average molecular weight is 193 g/mol. The Morgan fingerprint density at radius 3 is 2.57 bits per heavy atom. The molecule has 78 valence electrons. The zero-order chi connectivity index (χ0) is 10.2. The summed E-state index contributed by atoms with van der Waals surface area (Å²) in [6.07, 6.45) is 3.14. The van der Waals surface area contributed by atoms with Gasteiger partial charge in [-0.05, 0) is 36.9 Å². The zero-order valence-electron chi connectivity index (χ0n) is 8.83. The Morgan fingerprint density at radius 1 is 1.21 bits per heavy atom.